The van der Waals surface area contributed by atoms with Crippen LogP contribution in [0.5, 0.6) is 0 Å². The van der Waals surface area contributed by atoms with Crippen LogP contribution in [0.15, 0.2) is 0 Å². The van der Waals surface area contributed by atoms with E-state index >= 15 is 0 Å². The molecule has 0 unspecified atom stereocenters. The van der Waals surface area contributed by atoms with E-state index in [2.05, 4.69) is 41.5 Å². The average molecular weight is 511 g/mol. The van der Waals surface area contributed by atoms with Gasteiger partial charge < -0.3 is 0 Å². The second kappa shape index (κ2) is 45.0. The van der Waals surface area contributed by atoms with Crippen molar-refractivity contribution in [3.05, 3.63) is 0 Å². The Kier molecular flexibility index (Phi) is 50.6. The fourth-order valence-electron chi connectivity index (χ4n) is 4.68. The molecule has 0 heterocycles. The molecular weight excluding hydrogens is 432 g/mol. The van der Waals surface area contributed by atoms with Gasteiger partial charge >= 0.3 is 0 Å². The van der Waals surface area contributed by atoms with Crippen LogP contribution in [0.3, 0.4) is 0 Å². The zero-order valence-electron chi connectivity index (χ0n) is 27.2. The Morgan fingerprint density at radius 2 is 0.222 bits per heavy atom. The number of unbranched alkanes of at least 4 members (excludes halogenated alkanes) is 27. The molecule has 0 aromatic rings. The van der Waals surface area contributed by atoms with Crippen molar-refractivity contribution >= 4 is 0 Å². The Bertz CT molecular complexity index is 264. The molecule has 0 bridgehead atoms. The Labute approximate surface area is 234 Å². The van der Waals surface area contributed by atoms with Crippen LogP contribution in [-0.2, 0) is 0 Å². The van der Waals surface area contributed by atoms with Crippen molar-refractivity contribution in [1.29, 1.82) is 0 Å². The summed E-state index contributed by atoms with van der Waals surface area (Å²) in [6.07, 6.45) is 43.3. The molecule has 0 aliphatic heterocycles. The van der Waals surface area contributed by atoms with Crippen LogP contribution in [0.4, 0.5) is 0 Å². The summed E-state index contributed by atoms with van der Waals surface area (Å²) < 4.78 is 0. The second-order valence-electron chi connectivity index (χ2n) is 11.5. The normalized spacial score (nSPS) is 10.5. The maximum absolute atomic E-state index is 2.29. The first-order valence-corrected chi connectivity index (χ1v) is 17.7. The van der Waals surface area contributed by atoms with Gasteiger partial charge in [0.25, 0.3) is 0 Å². The van der Waals surface area contributed by atoms with E-state index in [1.807, 2.05) is 0 Å². The first kappa shape index (κ1) is 40.5. The van der Waals surface area contributed by atoms with Crippen LogP contribution < -0.4 is 0 Å². The maximum Gasteiger partial charge on any atom is -0.0533 e. The molecule has 0 fully saturated rings. The topological polar surface area (TPSA) is 0 Å². The Morgan fingerprint density at radius 3 is 0.306 bits per heavy atom. The van der Waals surface area contributed by atoms with Crippen LogP contribution in [0, 0.1) is 0 Å². The van der Waals surface area contributed by atoms with Gasteiger partial charge in [-0.05, 0) is 0 Å². The molecule has 0 nitrogen and oxygen atoms in total. The molecule has 0 aromatic heterocycles. The molecule has 0 aliphatic rings. The average Bonchev–Trinajstić information content (AvgIpc) is 2.90. The van der Waals surface area contributed by atoms with Crippen molar-refractivity contribution in [2.75, 3.05) is 0 Å². The van der Waals surface area contributed by atoms with E-state index in [9.17, 15) is 0 Å². The van der Waals surface area contributed by atoms with Crippen molar-refractivity contribution in [3.8, 4) is 0 Å². The summed E-state index contributed by atoms with van der Waals surface area (Å²) in [6.45, 7) is 13.7. The summed E-state index contributed by atoms with van der Waals surface area (Å²) in [5.41, 5.74) is 0. The van der Waals surface area contributed by atoms with Gasteiger partial charge in [0.15, 0.2) is 0 Å². The predicted molar refractivity (Wildman–Crippen MR) is 173 cm³/mol. The maximum atomic E-state index is 2.29. The van der Waals surface area contributed by atoms with E-state index in [0.717, 1.165) is 0 Å². The lowest BCUT2D eigenvalue weighted by atomic mass is 10.0. The standard InChI is InChI=1S/C16H34.C12H26.C8H18/c1-3-5-7-9-11-13-15-16-14-12-10-8-6-4-2;1-3-5-7-9-11-12-10-8-6-4-2;1-3-5-7-8-6-4-2/h3-16H2,1-2H3;3-12H2,1-2H3;3-8H2,1-2H3. The molecule has 0 spiro atoms. The highest BCUT2D eigenvalue weighted by atomic mass is 14.0. The lowest BCUT2D eigenvalue weighted by Gasteiger charge is -2.02. The van der Waals surface area contributed by atoms with Gasteiger partial charge in [0.05, 0.1) is 0 Å². The van der Waals surface area contributed by atoms with Gasteiger partial charge in [-0.1, -0.05) is 234 Å². The lowest BCUT2D eigenvalue weighted by molar-refractivity contribution is 0.538. The van der Waals surface area contributed by atoms with Crippen molar-refractivity contribution in [1.82, 2.24) is 0 Å². The lowest BCUT2D eigenvalue weighted by Crippen LogP contribution is -1.82. The smallest absolute Gasteiger partial charge is 0.0533 e. The molecule has 0 saturated heterocycles. The van der Waals surface area contributed by atoms with Gasteiger partial charge in [-0.3, -0.25) is 0 Å². The monoisotopic (exact) mass is 511 g/mol. The second-order valence-corrected chi connectivity index (χ2v) is 11.5. The molecule has 0 radical (unpaired) electrons. The van der Waals surface area contributed by atoms with Gasteiger partial charge in [0.2, 0.25) is 0 Å². The predicted octanol–water partition coefficient (Wildman–Crippen LogP) is 14.8. The minimum atomic E-state index is 1.36. The summed E-state index contributed by atoms with van der Waals surface area (Å²) >= 11 is 0. The first-order valence-electron chi connectivity index (χ1n) is 17.7. The summed E-state index contributed by atoms with van der Waals surface area (Å²) in [7, 11) is 0. The molecule has 0 aromatic carbocycles. The number of rotatable bonds is 27. The highest BCUT2D eigenvalue weighted by molar-refractivity contribution is 4.49. The third-order valence-electron chi connectivity index (χ3n) is 7.37. The van der Waals surface area contributed by atoms with Gasteiger partial charge in [-0.25, -0.2) is 0 Å². The molecule has 36 heavy (non-hydrogen) atoms. The summed E-state index contributed by atoms with van der Waals surface area (Å²) in [5, 5.41) is 0. The molecule has 0 atom stereocenters. The Hall–Kier alpha value is 0. The molecule has 0 saturated carbocycles. The van der Waals surface area contributed by atoms with Crippen LogP contribution >= 0.6 is 0 Å². The highest BCUT2D eigenvalue weighted by Gasteiger charge is 1.93. The van der Waals surface area contributed by atoms with Gasteiger partial charge in [0.1, 0.15) is 0 Å². The van der Waals surface area contributed by atoms with Crippen LogP contribution in [0.1, 0.15) is 234 Å². The van der Waals surface area contributed by atoms with E-state index in [1.165, 1.54) is 193 Å². The summed E-state index contributed by atoms with van der Waals surface area (Å²) in [4.78, 5) is 0. The molecule has 0 rings (SSSR count). The highest BCUT2D eigenvalue weighted by Crippen LogP contribution is 2.13. The SMILES string of the molecule is CCCCCCCC.CCCCCCCCCCCC.CCCCCCCCCCCCCCCC. The Morgan fingerprint density at radius 1 is 0.139 bits per heavy atom. The van der Waals surface area contributed by atoms with E-state index in [0.29, 0.717) is 0 Å². The van der Waals surface area contributed by atoms with Crippen molar-refractivity contribution in [2.45, 2.75) is 234 Å². The molecule has 0 heteroatoms. The zero-order valence-corrected chi connectivity index (χ0v) is 27.2. The molecule has 222 valence electrons. The first-order chi connectivity index (χ1) is 17.7. The largest absolute Gasteiger partial charge is 0.0654 e. The Balaban J connectivity index is -0.000000481. The van der Waals surface area contributed by atoms with E-state index < -0.39 is 0 Å². The zero-order chi connectivity index (χ0) is 27.2. The van der Waals surface area contributed by atoms with E-state index in [1.54, 1.807) is 0 Å². The fraction of sp³-hybridized carbons (Fsp3) is 1.00. The van der Waals surface area contributed by atoms with Gasteiger partial charge in [-0.2, -0.15) is 0 Å². The summed E-state index contributed by atoms with van der Waals surface area (Å²) in [5.74, 6) is 0. The molecular formula is C36H78. The van der Waals surface area contributed by atoms with Crippen molar-refractivity contribution < 1.29 is 0 Å². The summed E-state index contributed by atoms with van der Waals surface area (Å²) in [6, 6.07) is 0. The molecule has 0 aliphatic carbocycles. The fourth-order valence-corrected chi connectivity index (χ4v) is 4.68. The third-order valence-corrected chi connectivity index (χ3v) is 7.37. The van der Waals surface area contributed by atoms with Crippen LogP contribution in [0.25, 0.3) is 0 Å². The molecule has 0 amide bonds. The molecule has 0 N–H and O–H groups in total. The minimum absolute atomic E-state index is 1.36. The van der Waals surface area contributed by atoms with Crippen LogP contribution in [0.2, 0.25) is 0 Å². The third kappa shape index (κ3) is 50.8. The minimum Gasteiger partial charge on any atom is -0.0654 e. The van der Waals surface area contributed by atoms with E-state index in [4.69, 9.17) is 0 Å². The van der Waals surface area contributed by atoms with E-state index in [-0.39, 0.29) is 0 Å². The van der Waals surface area contributed by atoms with Crippen molar-refractivity contribution in [2.24, 2.45) is 0 Å². The quantitative estimate of drug-likeness (QED) is 0.0963. The number of hydrogen-bond donors (Lipinski definition) is 0. The number of hydrogen-bond acceptors (Lipinski definition) is 0. The van der Waals surface area contributed by atoms with Crippen LogP contribution in [-0.4, -0.2) is 0 Å². The van der Waals surface area contributed by atoms with Gasteiger partial charge in [0, 0.05) is 0 Å². The van der Waals surface area contributed by atoms with Crippen molar-refractivity contribution in [3.63, 3.8) is 0 Å². The van der Waals surface area contributed by atoms with Gasteiger partial charge in [-0.15, -0.1) is 0 Å².